The Hall–Kier alpha value is -1.81. The number of fused-ring (bicyclic) bond motifs is 1. The molecule has 0 unspecified atom stereocenters. The molecule has 0 amide bonds. The van der Waals surface area contributed by atoms with E-state index in [1.54, 1.807) is 11.3 Å². The predicted molar refractivity (Wildman–Crippen MR) is 63.8 cm³/mol. The normalized spacial score (nSPS) is 10.9. The van der Waals surface area contributed by atoms with Gasteiger partial charge in [-0.2, -0.15) is 5.10 Å². The molecular formula is C11H9N3S. The zero-order valence-electron chi connectivity index (χ0n) is 7.90. The number of hydrogen-bond donors (Lipinski definition) is 2. The minimum absolute atomic E-state index is 0.765. The Kier molecular flexibility index (Phi) is 1.76. The van der Waals surface area contributed by atoms with Crippen molar-refractivity contribution in [3.05, 3.63) is 35.7 Å². The number of nitrogens with one attached hydrogen (secondary N) is 1. The molecular weight excluding hydrogens is 206 g/mol. The standard InChI is InChI=1S/C11H9N3S/c12-7-3-4-9-8(6-7)11(14-13-9)10-2-1-5-15-10/h1-6H,12H2,(H,13,14). The van der Waals surface area contributed by atoms with Gasteiger partial charge in [0, 0.05) is 11.1 Å². The molecule has 3 rings (SSSR count). The highest BCUT2D eigenvalue weighted by Crippen LogP contribution is 2.30. The van der Waals surface area contributed by atoms with Crippen LogP contribution < -0.4 is 5.73 Å². The van der Waals surface area contributed by atoms with Crippen molar-refractivity contribution in [3.8, 4) is 10.6 Å². The van der Waals surface area contributed by atoms with Crippen LogP contribution >= 0.6 is 11.3 Å². The van der Waals surface area contributed by atoms with Crippen LogP contribution in [0.3, 0.4) is 0 Å². The van der Waals surface area contributed by atoms with E-state index in [4.69, 9.17) is 5.73 Å². The molecule has 0 fully saturated rings. The van der Waals surface area contributed by atoms with Crippen LogP contribution in [-0.4, -0.2) is 10.2 Å². The highest BCUT2D eigenvalue weighted by atomic mass is 32.1. The summed E-state index contributed by atoms with van der Waals surface area (Å²) < 4.78 is 0. The zero-order chi connectivity index (χ0) is 10.3. The lowest BCUT2D eigenvalue weighted by Gasteiger charge is -1.94. The Labute approximate surface area is 90.5 Å². The first-order chi connectivity index (χ1) is 7.34. The van der Waals surface area contributed by atoms with Crippen LogP contribution in [0.4, 0.5) is 5.69 Å². The fourth-order valence-corrected chi connectivity index (χ4v) is 2.36. The zero-order valence-corrected chi connectivity index (χ0v) is 8.71. The molecule has 0 spiro atoms. The van der Waals surface area contributed by atoms with Gasteiger partial charge in [-0.3, -0.25) is 5.10 Å². The van der Waals surface area contributed by atoms with Gasteiger partial charge < -0.3 is 5.73 Å². The van der Waals surface area contributed by atoms with Gasteiger partial charge in [-0.1, -0.05) is 6.07 Å². The van der Waals surface area contributed by atoms with Crippen molar-refractivity contribution in [3.63, 3.8) is 0 Å². The van der Waals surface area contributed by atoms with Crippen molar-refractivity contribution < 1.29 is 0 Å². The minimum Gasteiger partial charge on any atom is -0.399 e. The van der Waals surface area contributed by atoms with Gasteiger partial charge in [0.1, 0.15) is 5.69 Å². The summed E-state index contributed by atoms with van der Waals surface area (Å²) >= 11 is 1.68. The average Bonchev–Trinajstić information content (AvgIpc) is 2.83. The summed E-state index contributed by atoms with van der Waals surface area (Å²) in [6.07, 6.45) is 0. The quantitative estimate of drug-likeness (QED) is 0.613. The minimum atomic E-state index is 0.765. The molecule has 15 heavy (non-hydrogen) atoms. The average molecular weight is 215 g/mol. The first-order valence-corrected chi connectivity index (χ1v) is 5.50. The van der Waals surface area contributed by atoms with E-state index in [0.29, 0.717) is 0 Å². The van der Waals surface area contributed by atoms with Gasteiger partial charge in [0.05, 0.1) is 10.4 Å². The number of H-pyrrole nitrogens is 1. The maximum Gasteiger partial charge on any atom is 0.110 e. The number of aromatic amines is 1. The van der Waals surface area contributed by atoms with Crippen LogP contribution in [-0.2, 0) is 0 Å². The van der Waals surface area contributed by atoms with Gasteiger partial charge in [-0.05, 0) is 29.6 Å². The molecule has 74 valence electrons. The van der Waals surface area contributed by atoms with Gasteiger partial charge in [-0.25, -0.2) is 0 Å². The summed E-state index contributed by atoms with van der Waals surface area (Å²) in [7, 11) is 0. The second-order valence-electron chi connectivity index (χ2n) is 3.35. The molecule has 2 aromatic heterocycles. The molecule has 3 aromatic rings. The first-order valence-electron chi connectivity index (χ1n) is 4.62. The lowest BCUT2D eigenvalue weighted by atomic mass is 10.2. The van der Waals surface area contributed by atoms with Crippen molar-refractivity contribution in [2.24, 2.45) is 0 Å². The second-order valence-corrected chi connectivity index (χ2v) is 4.30. The molecule has 3 N–H and O–H groups in total. The third-order valence-corrected chi connectivity index (χ3v) is 3.22. The summed E-state index contributed by atoms with van der Waals surface area (Å²) in [5.41, 5.74) is 8.53. The van der Waals surface area contributed by atoms with Crippen molar-refractivity contribution in [2.45, 2.75) is 0 Å². The number of aromatic nitrogens is 2. The van der Waals surface area contributed by atoms with Crippen LogP contribution in [0.2, 0.25) is 0 Å². The molecule has 3 nitrogen and oxygen atoms in total. The van der Waals surface area contributed by atoms with E-state index in [2.05, 4.69) is 16.3 Å². The Bertz CT molecular complexity index is 595. The molecule has 2 heterocycles. The molecule has 0 aliphatic carbocycles. The fourth-order valence-electron chi connectivity index (χ4n) is 1.63. The number of nitrogens with two attached hydrogens (primary N) is 1. The Morgan fingerprint density at radius 3 is 3.00 bits per heavy atom. The Morgan fingerprint density at radius 2 is 2.20 bits per heavy atom. The lowest BCUT2D eigenvalue weighted by Crippen LogP contribution is -1.82. The van der Waals surface area contributed by atoms with Gasteiger partial charge >= 0.3 is 0 Å². The summed E-state index contributed by atoms with van der Waals surface area (Å²) in [4.78, 5) is 1.16. The summed E-state index contributed by atoms with van der Waals surface area (Å²) in [6, 6.07) is 9.86. The maximum atomic E-state index is 5.77. The predicted octanol–water partition coefficient (Wildman–Crippen LogP) is 2.87. The number of rotatable bonds is 1. The summed E-state index contributed by atoms with van der Waals surface area (Å²) in [5, 5.41) is 10.4. The molecule has 0 saturated carbocycles. The van der Waals surface area contributed by atoms with Crippen LogP contribution in [0.5, 0.6) is 0 Å². The van der Waals surface area contributed by atoms with Crippen LogP contribution in [0.15, 0.2) is 35.7 Å². The molecule has 0 atom stereocenters. The number of anilines is 1. The number of hydrogen-bond acceptors (Lipinski definition) is 3. The molecule has 0 saturated heterocycles. The molecule has 1 aromatic carbocycles. The number of benzene rings is 1. The number of nitrogen functional groups attached to an aromatic ring is 1. The largest absolute Gasteiger partial charge is 0.399 e. The highest BCUT2D eigenvalue weighted by Gasteiger charge is 2.08. The van der Waals surface area contributed by atoms with Crippen molar-refractivity contribution in [2.75, 3.05) is 5.73 Å². The van der Waals surface area contributed by atoms with Crippen molar-refractivity contribution in [1.82, 2.24) is 10.2 Å². The second kappa shape index (κ2) is 3.10. The van der Waals surface area contributed by atoms with Crippen LogP contribution in [0, 0.1) is 0 Å². The third kappa shape index (κ3) is 1.30. The van der Waals surface area contributed by atoms with E-state index in [0.717, 1.165) is 27.2 Å². The van der Waals surface area contributed by atoms with E-state index in [9.17, 15) is 0 Å². The maximum absolute atomic E-state index is 5.77. The van der Waals surface area contributed by atoms with E-state index in [1.165, 1.54) is 0 Å². The fraction of sp³-hybridized carbons (Fsp3) is 0. The van der Waals surface area contributed by atoms with E-state index < -0.39 is 0 Å². The number of thiophene rings is 1. The van der Waals surface area contributed by atoms with Gasteiger partial charge in [-0.15, -0.1) is 11.3 Å². The number of nitrogens with zero attached hydrogens (tertiary/aromatic N) is 1. The van der Waals surface area contributed by atoms with Crippen LogP contribution in [0.1, 0.15) is 0 Å². The molecule has 0 bridgehead atoms. The molecule has 0 aliphatic rings. The topological polar surface area (TPSA) is 54.7 Å². The van der Waals surface area contributed by atoms with Crippen molar-refractivity contribution in [1.29, 1.82) is 0 Å². The lowest BCUT2D eigenvalue weighted by molar-refractivity contribution is 1.13. The van der Waals surface area contributed by atoms with E-state index in [1.807, 2.05) is 29.6 Å². The SMILES string of the molecule is Nc1ccc2[nH]nc(-c3cccs3)c2c1. The monoisotopic (exact) mass is 215 g/mol. The van der Waals surface area contributed by atoms with Gasteiger partial charge in [0.15, 0.2) is 0 Å². The van der Waals surface area contributed by atoms with E-state index >= 15 is 0 Å². The Morgan fingerprint density at radius 1 is 1.27 bits per heavy atom. The molecule has 0 aliphatic heterocycles. The highest BCUT2D eigenvalue weighted by molar-refractivity contribution is 7.13. The summed E-state index contributed by atoms with van der Waals surface area (Å²) in [6.45, 7) is 0. The van der Waals surface area contributed by atoms with E-state index in [-0.39, 0.29) is 0 Å². The summed E-state index contributed by atoms with van der Waals surface area (Å²) in [5.74, 6) is 0. The Balaban J connectivity index is 2.32. The smallest absolute Gasteiger partial charge is 0.110 e. The van der Waals surface area contributed by atoms with Crippen LogP contribution in [0.25, 0.3) is 21.5 Å². The van der Waals surface area contributed by atoms with Crippen molar-refractivity contribution >= 4 is 27.9 Å². The first kappa shape index (κ1) is 8.49. The third-order valence-electron chi connectivity index (χ3n) is 2.34. The molecule has 4 heteroatoms. The molecule has 0 radical (unpaired) electrons. The van der Waals surface area contributed by atoms with Gasteiger partial charge in [0.2, 0.25) is 0 Å². The van der Waals surface area contributed by atoms with Gasteiger partial charge in [0.25, 0.3) is 0 Å².